The van der Waals surface area contributed by atoms with Crippen molar-refractivity contribution >= 4 is 27.0 Å². The number of nitrogens with two attached hydrogens (primary N) is 3. The molecule has 0 radical (unpaired) electrons. The lowest BCUT2D eigenvalue weighted by atomic mass is 10.1. The zero-order chi connectivity index (χ0) is 17.9. The number of hydrogen-bond acceptors (Lipinski definition) is 11. The lowest BCUT2D eigenvalue weighted by Crippen LogP contribution is -2.54. The Hall–Kier alpha value is -1.94. The van der Waals surface area contributed by atoms with Gasteiger partial charge in [-0.05, 0) is 0 Å². The number of aliphatic hydroxyl groups is 3. The highest BCUT2D eigenvalue weighted by Gasteiger charge is 2.64. The van der Waals surface area contributed by atoms with Crippen molar-refractivity contribution in [3.63, 3.8) is 0 Å². The van der Waals surface area contributed by atoms with Crippen molar-refractivity contribution in [2.45, 2.75) is 29.6 Å². The van der Waals surface area contributed by atoms with Gasteiger partial charge in [0.15, 0.2) is 11.5 Å². The van der Waals surface area contributed by atoms with E-state index in [9.17, 15) is 23.7 Å². The zero-order valence-corrected chi connectivity index (χ0v) is 12.8. The summed E-state index contributed by atoms with van der Waals surface area (Å²) in [6, 6.07) is 0. The van der Waals surface area contributed by atoms with Gasteiger partial charge in [-0.3, -0.25) is 4.57 Å². The summed E-state index contributed by atoms with van der Waals surface area (Å²) in [5.41, 5.74) is 10.8. The van der Waals surface area contributed by atoms with E-state index in [2.05, 4.69) is 15.0 Å². The maximum atomic E-state index is 12.2. The van der Waals surface area contributed by atoms with Gasteiger partial charge in [0, 0.05) is 0 Å². The summed E-state index contributed by atoms with van der Waals surface area (Å²) in [5.74, 6) is -0.0493. The number of nitrogen functional groups attached to an aromatic ring is 1. The van der Waals surface area contributed by atoms with Crippen LogP contribution < -0.4 is 16.6 Å². The lowest BCUT2D eigenvalue weighted by molar-refractivity contribution is -0.105. The molecule has 2 aromatic rings. The van der Waals surface area contributed by atoms with Crippen molar-refractivity contribution in [2.75, 3.05) is 5.73 Å². The number of imidazole rings is 1. The van der Waals surface area contributed by atoms with Crippen molar-refractivity contribution < 1.29 is 28.5 Å². The van der Waals surface area contributed by atoms with E-state index in [0.717, 1.165) is 17.2 Å². The topological polar surface area (TPSA) is 226 Å². The maximum absolute atomic E-state index is 12.2. The Morgan fingerprint density at radius 3 is 2.54 bits per heavy atom. The molecule has 0 aromatic carbocycles. The van der Waals surface area contributed by atoms with Crippen molar-refractivity contribution in [3.8, 4) is 0 Å². The Bertz CT molecular complexity index is 885. The lowest BCUT2D eigenvalue weighted by Gasteiger charge is -2.30. The first-order chi connectivity index (χ1) is 11.1. The molecule has 0 saturated carbocycles. The number of primary sulfonamides is 1. The molecular formula is C10H15N7O6S. The molecule has 0 aliphatic carbocycles. The third kappa shape index (κ3) is 2.09. The van der Waals surface area contributed by atoms with Crippen LogP contribution in [0.5, 0.6) is 0 Å². The second-order valence-electron chi connectivity index (χ2n) is 5.23. The number of hydrogen-bond donors (Lipinski definition) is 6. The third-order valence-corrected chi connectivity index (χ3v) is 5.13. The molecule has 1 unspecified atom stereocenters. The number of aliphatic hydroxyl groups excluding tert-OH is 3. The molecule has 3 rings (SSSR count). The van der Waals surface area contributed by atoms with Crippen LogP contribution in [-0.4, -0.2) is 67.8 Å². The van der Waals surface area contributed by atoms with Gasteiger partial charge >= 0.3 is 0 Å². The molecule has 0 spiro atoms. The average molecular weight is 361 g/mol. The predicted molar refractivity (Wildman–Crippen MR) is 77.9 cm³/mol. The van der Waals surface area contributed by atoms with Gasteiger partial charge in [0.1, 0.15) is 42.7 Å². The van der Waals surface area contributed by atoms with Gasteiger partial charge in [-0.25, -0.2) is 28.5 Å². The molecule has 0 bridgehead atoms. The largest absolute Gasteiger partial charge is 0.387 e. The van der Waals surface area contributed by atoms with E-state index in [1.165, 1.54) is 0 Å². The number of nitrogens with zero attached hydrogens (tertiary/aromatic N) is 4. The number of rotatable bonds is 3. The number of aromatic nitrogens is 4. The Labute approximate surface area is 134 Å². The molecule has 14 heteroatoms. The van der Waals surface area contributed by atoms with Gasteiger partial charge < -0.3 is 31.5 Å². The first kappa shape index (κ1) is 16.9. The molecule has 2 aromatic heterocycles. The van der Waals surface area contributed by atoms with Gasteiger partial charge in [-0.15, -0.1) is 0 Å². The molecule has 13 nitrogen and oxygen atoms in total. The summed E-state index contributed by atoms with van der Waals surface area (Å²) in [5, 5.41) is 32.4. The third-order valence-electron chi connectivity index (χ3n) is 3.78. The summed E-state index contributed by atoms with van der Waals surface area (Å²) in [4.78, 5) is 11.4. The molecule has 1 saturated heterocycles. The van der Waals surface area contributed by atoms with Crippen molar-refractivity contribution in [1.29, 1.82) is 0 Å². The van der Waals surface area contributed by atoms with Gasteiger partial charge in [0.2, 0.25) is 0 Å². The molecule has 0 amide bonds. The van der Waals surface area contributed by atoms with Crippen molar-refractivity contribution in [1.82, 2.24) is 19.5 Å². The monoisotopic (exact) mass is 361 g/mol. The van der Waals surface area contributed by atoms with Crippen LogP contribution in [0.1, 0.15) is 0 Å². The van der Waals surface area contributed by atoms with E-state index in [0.29, 0.717) is 0 Å². The van der Waals surface area contributed by atoms with Gasteiger partial charge in [-0.2, -0.15) is 0 Å². The Morgan fingerprint density at radius 1 is 1.33 bits per heavy atom. The summed E-state index contributed by atoms with van der Waals surface area (Å²) in [6.07, 6.45) is -5.35. The number of anilines is 1. The first-order valence-corrected chi connectivity index (χ1v) is 8.10. The number of sulfonamides is 1. The van der Waals surface area contributed by atoms with Crippen LogP contribution in [0, 0.1) is 0 Å². The van der Waals surface area contributed by atoms with Crippen LogP contribution in [0.15, 0.2) is 12.7 Å². The van der Waals surface area contributed by atoms with E-state index < -0.39 is 39.6 Å². The van der Waals surface area contributed by atoms with Crippen molar-refractivity contribution in [3.05, 3.63) is 12.7 Å². The molecule has 1 aliphatic rings. The van der Waals surface area contributed by atoms with Crippen LogP contribution in [0.4, 0.5) is 5.82 Å². The number of ether oxygens (including phenoxy) is 1. The SMILES string of the molecule is Nc1ncnc2c1ncn2[C@]1(S(N)(=O)=O)O[C@H](C(N)O)[C@@H](O)[C@H]1O. The summed E-state index contributed by atoms with van der Waals surface area (Å²) >= 11 is 0. The first-order valence-electron chi connectivity index (χ1n) is 6.55. The highest BCUT2D eigenvalue weighted by atomic mass is 32.2. The van der Waals surface area contributed by atoms with E-state index in [4.69, 9.17) is 21.3 Å². The smallest absolute Gasteiger partial charge is 0.295 e. The highest BCUT2D eigenvalue weighted by molar-refractivity contribution is 7.89. The van der Waals surface area contributed by atoms with Gasteiger partial charge in [-0.1, -0.05) is 0 Å². The minimum atomic E-state index is -4.72. The number of fused-ring (bicyclic) bond motifs is 1. The predicted octanol–water partition coefficient (Wildman–Crippen LogP) is -4.29. The molecule has 24 heavy (non-hydrogen) atoms. The van der Waals surface area contributed by atoms with Crippen LogP contribution in [-0.2, 0) is 19.8 Å². The average Bonchev–Trinajstić information content (AvgIpc) is 3.01. The minimum Gasteiger partial charge on any atom is -0.387 e. The zero-order valence-electron chi connectivity index (χ0n) is 12.0. The Kier molecular flexibility index (Phi) is 3.72. The van der Waals surface area contributed by atoms with E-state index in [1.807, 2.05) is 0 Å². The fourth-order valence-electron chi connectivity index (χ4n) is 2.65. The molecule has 1 aliphatic heterocycles. The van der Waals surface area contributed by atoms with Crippen LogP contribution >= 0.6 is 0 Å². The maximum Gasteiger partial charge on any atom is 0.295 e. The second-order valence-corrected chi connectivity index (χ2v) is 6.90. The summed E-state index contributed by atoms with van der Waals surface area (Å²) in [6.45, 7) is 0. The molecule has 5 atom stereocenters. The summed E-state index contributed by atoms with van der Waals surface area (Å²) < 4.78 is 30.5. The molecule has 132 valence electrons. The normalized spacial score (nSPS) is 32.3. The summed E-state index contributed by atoms with van der Waals surface area (Å²) in [7, 11) is -4.72. The van der Waals surface area contributed by atoms with E-state index >= 15 is 0 Å². The van der Waals surface area contributed by atoms with E-state index in [1.54, 1.807) is 0 Å². The fraction of sp³-hybridized carbons (Fsp3) is 0.500. The Morgan fingerprint density at radius 2 is 2.00 bits per heavy atom. The second kappa shape index (κ2) is 5.28. The van der Waals surface area contributed by atoms with Crippen LogP contribution in [0.3, 0.4) is 0 Å². The Balaban J connectivity index is 2.31. The molecule has 3 heterocycles. The highest BCUT2D eigenvalue weighted by Crippen LogP contribution is 2.41. The van der Waals surface area contributed by atoms with E-state index in [-0.39, 0.29) is 17.0 Å². The molecule has 1 fully saturated rings. The van der Waals surface area contributed by atoms with Crippen LogP contribution in [0.2, 0.25) is 0 Å². The van der Waals surface area contributed by atoms with Gasteiger partial charge in [0.05, 0.1) is 0 Å². The van der Waals surface area contributed by atoms with Crippen molar-refractivity contribution in [2.24, 2.45) is 10.9 Å². The van der Waals surface area contributed by atoms with Crippen LogP contribution in [0.25, 0.3) is 11.2 Å². The fourth-order valence-corrected chi connectivity index (χ4v) is 3.78. The quantitative estimate of drug-likeness (QED) is 0.286. The standard InChI is InChI=1S/C10H15N7O6S/c11-7-3-9(15-1-14-7)17(2-16-3)10(24(13,21)22)6(19)4(18)5(23-10)8(12)20/h1-2,4-6,8,18-20H,12H2,(H2,11,14,15)(H2,13,21,22)/t4-,5+,6-,8?,10+/m1/s1. The minimum absolute atomic E-state index is 0.0301. The molecular weight excluding hydrogens is 346 g/mol. The molecule has 9 N–H and O–H groups in total. The van der Waals surface area contributed by atoms with Gasteiger partial charge in [0.25, 0.3) is 15.1 Å².